The van der Waals surface area contributed by atoms with E-state index in [9.17, 15) is 4.79 Å². The average molecular weight is 447 g/mol. The topological polar surface area (TPSA) is 37.8 Å². The average Bonchev–Trinajstić information content (AvgIpc) is 3.48. The number of aryl methyl sites for hydroxylation is 2. The molecule has 3 heteroatoms. The lowest BCUT2D eigenvalue weighted by molar-refractivity contribution is 0.103. The zero-order valence-corrected chi connectivity index (χ0v) is 19.6. The van der Waals surface area contributed by atoms with Crippen LogP contribution in [0, 0.1) is 0 Å². The fraction of sp³-hybridized carbons (Fsp3) is 0.194. The molecular formula is C31H30N2O. The van der Waals surface area contributed by atoms with Gasteiger partial charge in [0.2, 0.25) is 0 Å². The lowest BCUT2D eigenvalue weighted by Gasteiger charge is -2.12. The van der Waals surface area contributed by atoms with E-state index >= 15 is 0 Å². The fourth-order valence-corrected chi connectivity index (χ4v) is 4.81. The summed E-state index contributed by atoms with van der Waals surface area (Å²) in [4.78, 5) is 17.2. The van der Waals surface area contributed by atoms with Crippen molar-refractivity contribution < 1.29 is 4.79 Å². The zero-order chi connectivity index (χ0) is 23.3. The molecule has 2 aromatic heterocycles. The van der Waals surface area contributed by atoms with Crippen LogP contribution >= 0.6 is 0 Å². The number of para-hydroxylation sites is 1. The number of hydrogen-bond donors (Lipinski definition) is 1. The number of unbranched alkanes of at least 4 members (excludes halogenated alkanes) is 1. The Hall–Kier alpha value is -3.85. The lowest BCUT2D eigenvalue weighted by Crippen LogP contribution is -2.10. The van der Waals surface area contributed by atoms with E-state index in [4.69, 9.17) is 0 Å². The Labute approximate surface area is 201 Å². The van der Waals surface area contributed by atoms with Crippen LogP contribution in [0.1, 0.15) is 46.9 Å². The second-order valence-corrected chi connectivity index (χ2v) is 8.83. The molecule has 0 spiro atoms. The summed E-state index contributed by atoms with van der Waals surface area (Å²) in [5, 5.41) is 1.27. The molecule has 1 N–H and O–H groups in total. The van der Waals surface area contributed by atoms with Crippen LogP contribution in [-0.4, -0.2) is 15.3 Å². The largest absolute Gasteiger partial charge is 0.361 e. The predicted molar refractivity (Wildman–Crippen MR) is 140 cm³/mol. The number of ketones is 1. The Bertz CT molecular complexity index is 1390. The normalized spacial score (nSPS) is 11.2. The molecule has 0 saturated carbocycles. The first kappa shape index (κ1) is 22.0. The number of aromatic amines is 1. The third-order valence-electron chi connectivity index (χ3n) is 6.60. The maximum atomic E-state index is 13.8. The van der Waals surface area contributed by atoms with E-state index in [0.717, 1.165) is 60.2 Å². The van der Waals surface area contributed by atoms with Crippen molar-refractivity contribution in [2.24, 2.45) is 0 Å². The van der Waals surface area contributed by atoms with Gasteiger partial charge in [0.05, 0.1) is 5.56 Å². The van der Waals surface area contributed by atoms with Crippen molar-refractivity contribution in [2.75, 3.05) is 0 Å². The molecule has 5 rings (SSSR count). The Morgan fingerprint density at radius 1 is 0.853 bits per heavy atom. The predicted octanol–water partition coefficient (Wildman–Crippen LogP) is 7.45. The van der Waals surface area contributed by atoms with Crippen LogP contribution in [0.4, 0.5) is 0 Å². The SMILES string of the molecule is CCCCc1c(C(=O)c2ccccc2)c(-c2ccccc2)cn1CCc1c[nH]c2ccccc12. The van der Waals surface area contributed by atoms with Crippen molar-refractivity contribution in [1.82, 2.24) is 9.55 Å². The maximum absolute atomic E-state index is 13.8. The molecule has 5 aromatic rings. The molecule has 34 heavy (non-hydrogen) atoms. The van der Waals surface area contributed by atoms with Crippen molar-refractivity contribution in [1.29, 1.82) is 0 Å². The number of benzene rings is 3. The van der Waals surface area contributed by atoms with Gasteiger partial charge in [0.15, 0.2) is 5.78 Å². The number of H-pyrrole nitrogens is 1. The van der Waals surface area contributed by atoms with E-state index in [1.54, 1.807) is 0 Å². The van der Waals surface area contributed by atoms with Gasteiger partial charge in [-0.3, -0.25) is 4.79 Å². The van der Waals surface area contributed by atoms with E-state index in [1.165, 1.54) is 16.5 Å². The van der Waals surface area contributed by atoms with Crippen LogP contribution in [0.2, 0.25) is 0 Å². The first-order valence-electron chi connectivity index (χ1n) is 12.2. The van der Waals surface area contributed by atoms with Crippen LogP contribution in [0.15, 0.2) is 97.3 Å². The fourth-order valence-electron chi connectivity index (χ4n) is 4.81. The summed E-state index contributed by atoms with van der Waals surface area (Å²) in [6.07, 6.45) is 8.27. The minimum atomic E-state index is 0.108. The number of rotatable bonds is 9. The summed E-state index contributed by atoms with van der Waals surface area (Å²) >= 11 is 0. The molecule has 0 radical (unpaired) electrons. The number of carbonyl (C=O) groups is 1. The summed E-state index contributed by atoms with van der Waals surface area (Å²) in [7, 11) is 0. The van der Waals surface area contributed by atoms with E-state index in [1.807, 2.05) is 48.5 Å². The molecule has 0 aliphatic rings. The molecule has 0 aliphatic heterocycles. The van der Waals surface area contributed by atoms with Gasteiger partial charge in [0.1, 0.15) is 0 Å². The number of nitrogens with zero attached hydrogens (tertiary/aromatic N) is 1. The first-order chi connectivity index (χ1) is 16.8. The molecule has 0 fully saturated rings. The number of hydrogen-bond acceptors (Lipinski definition) is 1. The second kappa shape index (κ2) is 9.96. The quantitative estimate of drug-likeness (QED) is 0.235. The molecule has 3 aromatic carbocycles. The number of nitrogens with one attached hydrogen (secondary N) is 1. The van der Waals surface area contributed by atoms with Gasteiger partial charge in [-0.2, -0.15) is 0 Å². The third-order valence-corrected chi connectivity index (χ3v) is 6.60. The van der Waals surface area contributed by atoms with Gasteiger partial charge < -0.3 is 9.55 Å². The number of carbonyl (C=O) groups excluding carboxylic acids is 1. The smallest absolute Gasteiger partial charge is 0.195 e. The van der Waals surface area contributed by atoms with Crippen LogP contribution in [0.25, 0.3) is 22.0 Å². The van der Waals surface area contributed by atoms with Gasteiger partial charge in [0, 0.05) is 46.7 Å². The van der Waals surface area contributed by atoms with Crippen LogP contribution in [0.5, 0.6) is 0 Å². The maximum Gasteiger partial charge on any atom is 0.195 e. The van der Waals surface area contributed by atoms with Crippen LogP contribution < -0.4 is 0 Å². The summed E-state index contributed by atoms with van der Waals surface area (Å²) in [6.45, 7) is 3.04. The summed E-state index contributed by atoms with van der Waals surface area (Å²) in [6, 6.07) is 28.4. The van der Waals surface area contributed by atoms with Crippen molar-refractivity contribution in [3.05, 3.63) is 120 Å². The number of fused-ring (bicyclic) bond motifs is 1. The van der Waals surface area contributed by atoms with Crippen LogP contribution in [-0.2, 0) is 19.4 Å². The van der Waals surface area contributed by atoms with E-state index in [-0.39, 0.29) is 5.78 Å². The summed E-state index contributed by atoms with van der Waals surface area (Å²) in [5.74, 6) is 0.108. The molecule has 3 nitrogen and oxygen atoms in total. The standard InChI is InChI=1S/C31H30N2O/c1-2-3-18-29-30(31(34)24-14-8-5-9-15-24)27(23-12-6-4-7-13-23)22-33(29)20-19-25-21-32-28-17-11-10-16-26(25)28/h4-17,21-22,32H,2-3,18-20H2,1H3. The highest BCUT2D eigenvalue weighted by Crippen LogP contribution is 2.32. The van der Waals surface area contributed by atoms with Gasteiger partial charge in [-0.05, 0) is 36.5 Å². The Balaban J connectivity index is 1.59. The van der Waals surface area contributed by atoms with Gasteiger partial charge in [0.25, 0.3) is 0 Å². The highest BCUT2D eigenvalue weighted by atomic mass is 16.1. The Morgan fingerprint density at radius 2 is 1.56 bits per heavy atom. The molecule has 0 amide bonds. The lowest BCUT2D eigenvalue weighted by atomic mass is 9.94. The molecule has 0 atom stereocenters. The van der Waals surface area contributed by atoms with Gasteiger partial charge >= 0.3 is 0 Å². The number of aromatic nitrogens is 2. The molecule has 0 bridgehead atoms. The van der Waals surface area contributed by atoms with E-state index < -0.39 is 0 Å². The monoisotopic (exact) mass is 446 g/mol. The second-order valence-electron chi connectivity index (χ2n) is 8.83. The van der Waals surface area contributed by atoms with Crippen molar-refractivity contribution in [2.45, 2.75) is 39.2 Å². The molecule has 170 valence electrons. The Kier molecular flexibility index (Phi) is 6.44. The molecule has 0 aliphatic carbocycles. The molecular weight excluding hydrogens is 416 g/mol. The highest BCUT2D eigenvalue weighted by molar-refractivity contribution is 6.13. The minimum absolute atomic E-state index is 0.108. The van der Waals surface area contributed by atoms with Gasteiger partial charge in [-0.25, -0.2) is 0 Å². The summed E-state index contributed by atoms with van der Waals surface area (Å²) < 4.78 is 2.33. The van der Waals surface area contributed by atoms with Crippen molar-refractivity contribution >= 4 is 16.7 Å². The van der Waals surface area contributed by atoms with E-state index in [2.05, 4.69) is 65.3 Å². The van der Waals surface area contributed by atoms with Crippen LogP contribution in [0.3, 0.4) is 0 Å². The van der Waals surface area contributed by atoms with Crippen molar-refractivity contribution in [3.63, 3.8) is 0 Å². The van der Waals surface area contributed by atoms with Crippen molar-refractivity contribution in [3.8, 4) is 11.1 Å². The zero-order valence-electron chi connectivity index (χ0n) is 19.6. The first-order valence-corrected chi connectivity index (χ1v) is 12.2. The Morgan fingerprint density at radius 3 is 2.32 bits per heavy atom. The summed E-state index contributed by atoms with van der Waals surface area (Å²) in [5.41, 5.74) is 7.33. The third kappa shape index (κ3) is 4.34. The molecule has 2 heterocycles. The molecule has 0 saturated heterocycles. The minimum Gasteiger partial charge on any atom is -0.361 e. The van der Waals surface area contributed by atoms with Gasteiger partial charge in [-0.15, -0.1) is 0 Å². The molecule has 0 unspecified atom stereocenters. The highest BCUT2D eigenvalue weighted by Gasteiger charge is 2.23. The van der Waals surface area contributed by atoms with E-state index in [0.29, 0.717) is 0 Å². The van der Waals surface area contributed by atoms with Gasteiger partial charge in [-0.1, -0.05) is 92.2 Å².